The molecule has 0 aliphatic carbocycles. The number of ketones is 1. The Kier molecular flexibility index (Phi) is 3.12. The lowest BCUT2D eigenvalue weighted by Gasteiger charge is -2.10. The van der Waals surface area contributed by atoms with Crippen LogP contribution in [0.1, 0.15) is 29.8 Å². The number of aryl methyl sites for hydroxylation is 1. The predicted octanol–water partition coefficient (Wildman–Crippen LogP) is 2.18. The molecule has 0 amide bonds. The van der Waals surface area contributed by atoms with Crippen LogP contribution in [0.3, 0.4) is 0 Å². The number of nitrogens with two attached hydrogens (primary N) is 1. The summed E-state index contributed by atoms with van der Waals surface area (Å²) in [5.41, 5.74) is 7.81. The van der Waals surface area contributed by atoms with E-state index in [-0.39, 0.29) is 5.78 Å². The Morgan fingerprint density at radius 3 is 2.64 bits per heavy atom. The van der Waals surface area contributed by atoms with Crippen LogP contribution >= 0.6 is 0 Å². The van der Waals surface area contributed by atoms with E-state index in [0.717, 1.165) is 5.56 Å². The minimum atomic E-state index is 0.0252. The van der Waals surface area contributed by atoms with Gasteiger partial charge in [0, 0.05) is 5.56 Å². The van der Waals surface area contributed by atoms with Gasteiger partial charge in [0.15, 0.2) is 5.78 Å². The number of rotatable bonds is 3. The molecule has 0 atom stereocenters. The number of nitrogen functional groups attached to an aromatic ring is 1. The summed E-state index contributed by atoms with van der Waals surface area (Å²) in [5.74, 6) is 0.673. The Bertz CT molecular complexity index is 359. The quantitative estimate of drug-likeness (QED) is 0.591. The lowest BCUT2D eigenvalue weighted by Crippen LogP contribution is -2.02. The summed E-state index contributed by atoms with van der Waals surface area (Å²) in [6.07, 6.45) is 0. The third-order valence-corrected chi connectivity index (χ3v) is 2.04. The molecule has 0 aliphatic heterocycles. The van der Waals surface area contributed by atoms with Crippen molar-refractivity contribution in [1.29, 1.82) is 0 Å². The molecule has 0 heterocycles. The highest BCUT2D eigenvalue weighted by molar-refractivity contribution is 5.96. The Morgan fingerprint density at radius 1 is 1.50 bits per heavy atom. The molecular weight excluding hydrogens is 178 g/mol. The van der Waals surface area contributed by atoms with Gasteiger partial charge in [-0.05, 0) is 38.5 Å². The second kappa shape index (κ2) is 4.13. The molecule has 3 heteroatoms. The van der Waals surface area contributed by atoms with Gasteiger partial charge in [-0.15, -0.1) is 0 Å². The molecule has 0 saturated carbocycles. The summed E-state index contributed by atoms with van der Waals surface area (Å²) < 4.78 is 5.32. The molecular formula is C11H15NO2. The van der Waals surface area contributed by atoms with Gasteiger partial charge in [-0.2, -0.15) is 0 Å². The molecule has 76 valence electrons. The molecule has 3 nitrogen and oxygen atoms in total. The van der Waals surface area contributed by atoms with Crippen molar-refractivity contribution in [3.63, 3.8) is 0 Å². The van der Waals surface area contributed by atoms with E-state index in [1.807, 2.05) is 13.8 Å². The predicted molar refractivity (Wildman–Crippen MR) is 56.8 cm³/mol. The van der Waals surface area contributed by atoms with E-state index in [1.165, 1.54) is 6.92 Å². The molecule has 0 spiro atoms. The second-order valence-corrected chi connectivity index (χ2v) is 3.19. The highest BCUT2D eigenvalue weighted by atomic mass is 16.5. The van der Waals surface area contributed by atoms with Gasteiger partial charge < -0.3 is 10.5 Å². The van der Waals surface area contributed by atoms with E-state index in [1.54, 1.807) is 12.1 Å². The minimum absolute atomic E-state index is 0.0252. The van der Waals surface area contributed by atoms with Gasteiger partial charge in [-0.1, -0.05) is 0 Å². The topological polar surface area (TPSA) is 52.3 Å². The fourth-order valence-electron chi connectivity index (χ4n) is 1.36. The monoisotopic (exact) mass is 193 g/mol. The van der Waals surface area contributed by atoms with Crippen molar-refractivity contribution >= 4 is 11.5 Å². The zero-order chi connectivity index (χ0) is 10.7. The van der Waals surface area contributed by atoms with Gasteiger partial charge in [0.2, 0.25) is 0 Å². The van der Waals surface area contributed by atoms with E-state index in [2.05, 4.69) is 0 Å². The van der Waals surface area contributed by atoms with Crippen LogP contribution in [0.2, 0.25) is 0 Å². The van der Waals surface area contributed by atoms with E-state index in [4.69, 9.17) is 10.5 Å². The highest BCUT2D eigenvalue weighted by Crippen LogP contribution is 2.25. The van der Waals surface area contributed by atoms with Crippen molar-refractivity contribution in [2.75, 3.05) is 12.3 Å². The van der Waals surface area contributed by atoms with E-state index >= 15 is 0 Å². The van der Waals surface area contributed by atoms with Crippen LogP contribution in [0.15, 0.2) is 12.1 Å². The number of hydrogen-bond acceptors (Lipinski definition) is 3. The molecule has 0 bridgehead atoms. The third kappa shape index (κ3) is 2.05. The Balaban J connectivity index is 3.17. The first-order valence-corrected chi connectivity index (χ1v) is 4.60. The van der Waals surface area contributed by atoms with Crippen LogP contribution in [0.4, 0.5) is 5.69 Å². The smallest absolute Gasteiger partial charge is 0.160 e. The summed E-state index contributed by atoms with van der Waals surface area (Å²) in [5, 5.41) is 0. The summed E-state index contributed by atoms with van der Waals surface area (Å²) in [4.78, 5) is 11.2. The number of benzene rings is 1. The van der Waals surface area contributed by atoms with Crippen LogP contribution in [0.5, 0.6) is 5.75 Å². The van der Waals surface area contributed by atoms with Crippen molar-refractivity contribution in [3.05, 3.63) is 23.3 Å². The molecule has 1 rings (SSSR count). The summed E-state index contributed by atoms with van der Waals surface area (Å²) in [6.45, 7) is 5.87. The zero-order valence-electron chi connectivity index (χ0n) is 8.76. The number of carbonyl (C=O) groups excluding carboxylic acids is 1. The van der Waals surface area contributed by atoms with Crippen LogP contribution in [-0.4, -0.2) is 12.4 Å². The fourth-order valence-corrected chi connectivity index (χ4v) is 1.36. The highest BCUT2D eigenvalue weighted by Gasteiger charge is 2.08. The van der Waals surface area contributed by atoms with Gasteiger partial charge in [-0.3, -0.25) is 4.79 Å². The van der Waals surface area contributed by atoms with Crippen molar-refractivity contribution in [1.82, 2.24) is 0 Å². The standard InChI is InChI=1S/C11H15NO2/c1-4-14-11-5-7(2)9(8(3)13)6-10(11)12/h5-6H,4,12H2,1-3H3. The number of carbonyl (C=O) groups is 1. The van der Waals surface area contributed by atoms with Crippen molar-refractivity contribution in [2.24, 2.45) is 0 Å². The molecule has 0 saturated heterocycles. The first kappa shape index (κ1) is 10.6. The molecule has 0 radical (unpaired) electrons. The number of ether oxygens (including phenoxy) is 1. The maximum Gasteiger partial charge on any atom is 0.160 e. The van der Waals surface area contributed by atoms with Crippen LogP contribution in [0, 0.1) is 6.92 Å². The molecule has 2 N–H and O–H groups in total. The first-order chi connectivity index (χ1) is 6.56. The van der Waals surface area contributed by atoms with Crippen molar-refractivity contribution in [2.45, 2.75) is 20.8 Å². The molecule has 1 aromatic carbocycles. The first-order valence-electron chi connectivity index (χ1n) is 4.60. The Morgan fingerprint density at radius 2 is 2.14 bits per heavy atom. The normalized spacial score (nSPS) is 9.93. The summed E-state index contributed by atoms with van der Waals surface area (Å²) in [7, 11) is 0. The van der Waals surface area contributed by atoms with E-state index < -0.39 is 0 Å². The number of anilines is 1. The van der Waals surface area contributed by atoms with Gasteiger partial charge in [0.25, 0.3) is 0 Å². The molecule has 0 fully saturated rings. The summed E-state index contributed by atoms with van der Waals surface area (Å²) in [6, 6.07) is 3.47. The fraction of sp³-hybridized carbons (Fsp3) is 0.364. The molecule has 0 aliphatic rings. The van der Waals surface area contributed by atoms with Gasteiger partial charge in [0.05, 0.1) is 12.3 Å². The second-order valence-electron chi connectivity index (χ2n) is 3.19. The SMILES string of the molecule is CCOc1cc(C)c(C(C)=O)cc1N. The maximum absolute atomic E-state index is 11.2. The molecule has 0 aromatic heterocycles. The van der Waals surface area contributed by atoms with Gasteiger partial charge in [-0.25, -0.2) is 0 Å². The lowest BCUT2D eigenvalue weighted by molar-refractivity contribution is 0.101. The van der Waals surface area contributed by atoms with Crippen LogP contribution in [-0.2, 0) is 0 Å². The maximum atomic E-state index is 11.2. The van der Waals surface area contributed by atoms with Gasteiger partial charge >= 0.3 is 0 Å². The number of Topliss-reactive ketones (excluding diaryl/α,β-unsaturated/α-hetero) is 1. The Hall–Kier alpha value is -1.51. The van der Waals surface area contributed by atoms with Crippen molar-refractivity contribution < 1.29 is 9.53 Å². The largest absolute Gasteiger partial charge is 0.492 e. The number of hydrogen-bond donors (Lipinski definition) is 1. The third-order valence-electron chi connectivity index (χ3n) is 2.04. The van der Waals surface area contributed by atoms with Crippen LogP contribution in [0.25, 0.3) is 0 Å². The summed E-state index contributed by atoms with van der Waals surface area (Å²) >= 11 is 0. The molecule has 0 unspecified atom stereocenters. The van der Waals surface area contributed by atoms with E-state index in [0.29, 0.717) is 23.6 Å². The lowest BCUT2D eigenvalue weighted by atomic mass is 10.0. The van der Waals surface area contributed by atoms with Crippen molar-refractivity contribution in [3.8, 4) is 5.75 Å². The average Bonchev–Trinajstić information content (AvgIpc) is 2.10. The minimum Gasteiger partial charge on any atom is -0.492 e. The Labute approximate surface area is 83.9 Å². The van der Waals surface area contributed by atoms with E-state index in [9.17, 15) is 4.79 Å². The molecule has 14 heavy (non-hydrogen) atoms. The van der Waals surface area contributed by atoms with Gasteiger partial charge in [0.1, 0.15) is 5.75 Å². The van der Waals surface area contributed by atoms with Crippen LogP contribution < -0.4 is 10.5 Å². The molecule has 1 aromatic rings. The average molecular weight is 193 g/mol. The zero-order valence-corrected chi connectivity index (χ0v) is 8.76.